The molecular formula is C10H18N2. The highest BCUT2D eigenvalue weighted by molar-refractivity contribution is 5.01. The lowest BCUT2D eigenvalue weighted by atomic mass is 10.1. The van der Waals surface area contributed by atoms with Gasteiger partial charge in [0, 0.05) is 0 Å². The van der Waals surface area contributed by atoms with E-state index in [4.69, 9.17) is 5.26 Å². The van der Waals surface area contributed by atoms with Crippen LogP contribution < -0.4 is 0 Å². The number of nitrogens with zero attached hydrogens (tertiary/aromatic N) is 2. The minimum atomic E-state index is -0.260. The third-order valence-electron chi connectivity index (χ3n) is 2.67. The number of rotatable bonds is 1. The van der Waals surface area contributed by atoms with Gasteiger partial charge in [0.1, 0.15) is 5.54 Å². The first-order valence-corrected chi connectivity index (χ1v) is 4.83. The summed E-state index contributed by atoms with van der Waals surface area (Å²) in [5, 5.41) is 8.95. The lowest BCUT2D eigenvalue weighted by Gasteiger charge is -2.31. The molecule has 68 valence electrons. The van der Waals surface area contributed by atoms with Crippen molar-refractivity contribution >= 4 is 0 Å². The molecule has 0 aliphatic carbocycles. The van der Waals surface area contributed by atoms with Crippen LogP contribution in [0.4, 0.5) is 0 Å². The summed E-state index contributed by atoms with van der Waals surface area (Å²) in [4.78, 5) is 2.31. The highest BCUT2D eigenvalue weighted by Crippen LogP contribution is 2.18. The Morgan fingerprint density at radius 2 is 1.58 bits per heavy atom. The number of hydrogen-bond donors (Lipinski definition) is 0. The minimum absolute atomic E-state index is 0.260. The maximum Gasteiger partial charge on any atom is 0.103 e. The Kier molecular flexibility index (Phi) is 3.11. The summed E-state index contributed by atoms with van der Waals surface area (Å²) in [5.41, 5.74) is -0.260. The molecule has 2 nitrogen and oxygen atoms in total. The number of likely N-dealkylation sites (tertiary alicyclic amines) is 1. The Morgan fingerprint density at radius 3 is 2.00 bits per heavy atom. The van der Waals surface area contributed by atoms with E-state index in [9.17, 15) is 0 Å². The van der Waals surface area contributed by atoms with Crippen LogP contribution in [0.5, 0.6) is 0 Å². The van der Waals surface area contributed by atoms with Crippen molar-refractivity contribution in [2.45, 2.75) is 45.1 Å². The van der Waals surface area contributed by atoms with Crippen LogP contribution in [0.25, 0.3) is 0 Å². The molecule has 0 bridgehead atoms. The van der Waals surface area contributed by atoms with Crippen molar-refractivity contribution in [3.05, 3.63) is 0 Å². The van der Waals surface area contributed by atoms with E-state index in [0.29, 0.717) is 0 Å². The van der Waals surface area contributed by atoms with E-state index >= 15 is 0 Å². The lowest BCUT2D eigenvalue weighted by Crippen LogP contribution is -2.43. The van der Waals surface area contributed by atoms with Crippen LogP contribution in [0.3, 0.4) is 0 Å². The van der Waals surface area contributed by atoms with Crippen molar-refractivity contribution in [1.29, 1.82) is 5.26 Å². The molecule has 0 aromatic heterocycles. The van der Waals surface area contributed by atoms with E-state index in [-0.39, 0.29) is 5.54 Å². The van der Waals surface area contributed by atoms with Crippen molar-refractivity contribution in [2.75, 3.05) is 13.1 Å². The SMILES string of the molecule is CC(C)(C#N)N1CCCCCC1. The molecule has 1 rings (SSSR count). The third-order valence-corrected chi connectivity index (χ3v) is 2.67. The maximum atomic E-state index is 8.95. The lowest BCUT2D eigenvalue weighted by molar-refractivity contribution is 0.174. The van der Waals surface area contributed by atoms with E-state index in [1.54, 1.807) is 0 Å². The smallest absolute Gasteiger partial charge is 0.103 e. The van der Waals surface area contributed by atoms with Gasteiger partial charge in [-0.05, 0) is 39.8 Å². The zero-order chi connectivity index (χ0) is 9.03. The highest BCUT2D eigenvalue weighted by Gasteiger charge is 2.26. The van der Waals surface area contributed by atoms with Gasteiger partial charge in [-0.1, -0.05) is 12.8 Å². The number of hydrogen-bond acceptors (Lipinski definition) is 2. The third kappa shape index (κ3) is 2.22. The van der Waals surface area contributed by atoms with Crippen molar-refractivity contribution in [3.63, 3.8) is 0 Å². The maximum absolute atomic E-state index is 8.95. The van der Waals surface area contributed by atoms with E-state index in [1.807, 2.05) is 13.8 Å². The summed E-state index contributed by atoms with van der Waals surface area (Å²) in [5.74, 6) is 0. The fourth-order valence-corrected chi connectivity index (χ4v) is 1.70. The van der Waals surface area contributed by atoms with Crippen molar-refractivity contribution in [3.8, 4) is 6.07 Å². The average molecular weight is 166 g/mol. The van der Waals surface area contributed by atoms with Gasteiger partial charge >= 0.3 is 0 Å². The summed E-state index contributed by atoms with van der Waals surface area (Å²) in [6, 6.07) is 2.36. The van der Waals surface area contributed by atoms with E-state index in [2.05, 4.69) is 11.0 Å². The molecule has 0 unspecified atom stereocenters. The molecule has 0 aromatic rings. The second-order valence-corrected chi connectivity index (χ2v) is 4.07. The quantitative estimate of drug-likeness (QED) is 0.597. The molecule has 1 fully saturated rings. The molecule has 0 aromatic carbocycles. The molecule has 1 aliphatic rings. The molecular weight excluding hydrogens is 148 g/mol. The first-order chi connectivity index (χ1) is 5.67. The van der Waals surface area contributed by atoms with Gasteiger partial charge in [0.2, 0.25) is 0 Å². The monoisotopic (exact) mass is 166 g/mol. The van der Waals surface area contributed by atoms with Crippen LogP contribution in [0.2, 0.25) is 0 Å². The van der Waals surface area contributed by atoms with Gasteiger partial charge in [-0.25, -0.2) is 0 Å². The zero-order valence-electron chi connectivity index (χ0n) is 8.14. The molecule has 1 heterocycles. The Hall–Kier alpha value is -0.550. The van der Waals surface area contributed by atoms with Gasteiger partial charge in [0.05, 0.1) is 6.07 Å². The Bertz CT molecular complexity index is 171. The van der Waals surface area contributed by atoms with E-state index in [1.165, 1.54) is 25.7 Å². The normalized spacial score (nSPS) is 21.4. The average Bonchev–Trinajstić information content (AvgIpc) is 2.32. The van der Waals surface area contributed by atoms with E-state index in [0.717, 1.165) is 13.1 Å². The van der Waals surface area contributed by atoms with Crippen LogP contribution in [0.15, 0.2) is 0 Å². The molecule has 0 saturated carbocycles. The van der Waals surface area contributed by atoms with Crippen LogP contribution >= 0.6 is 0 Å². The first-order valence-electron chi connectivity index (χ1n) is 4.83. The van der Waals surface area contributed by atoms with Gasteiger partial charge in [-0.15, -0.1) is 0 Å². The zero-order valence-corrected chi connectivity index (χ0v) is 8.14. The topological polar surface area (TPSA) is 27.0 Å². The molecule has 2 heteroatoms. The van der Waals surface area contributed by atoms with Crippen LogP contribution in [0.1, 0.15) is 39.5 Å². The van der Waals surface area contributed by atoms with Crippen LogP contribution in [0, 0.1) is 11.3 Å². The fraction of sp³-hybridized carbons (Fsp3) is 0.900. The molecule has 0 spiro atoms. The Morgan fingerprint density at radius 1 is 1.08 bits per heavy atom. The molecule has 0 atom stereocenters. The molecule has 0 N–H and O–H groups in total. The summed E-state index contributed by atoms with van der Waals surface area (Å²) in [6.45, 7) is 6.22. The van der Waals surface area contributed by atoms with E-state index < -0.39 is 0 Å². The first kappa shape index (κ1) is 9.54. The fourth-order valence-electron chi connectivity index (χ4n) is 1.70. The Balaban J connectivity index is 2.55. The van der Waals surface area contributed by atoms with Crippen molar-refractivity contribution in [1.82, 2.24) is 4.90 Å². The van der Waals surface area contributed by atoms with Crippen molar-refractivity contribution in [2.24, 2.45) is 0 Å². The summed E-state index contributed by atoms with van der Waals surface area (Å²) >= 11 is 0. The molecule has 1 saturated heterocycles. The van der Waals surface area contributed by atoms with Crippen LogP contribution in [-0.4, -0.2) is 23.5 Å². The molecule has 0 amide bonds. The second kappa shape index (κ2) is 3.91. The Labute approximate surface area is 75.2 Å². The number of nitriles is 1. The van der Waals surface area contributed by atoms with Crippen molar-refractivity contribution < 1.29 is 0 Å². The van der Waals surface area contributed by atoms with Gasteiger partial charge in [0.15, 0.2) is 0 Å². The van der Waals surface area contributed by atoms with Gasteiger partial charge in [-0.3, -0.25) is 4.90 Å². The second-order valence-electron chi connectivity index (χ2n) is 4.07. The summed E-state index contributed by atoms with van der Waals surface area (Å²) < 4.78 is 0. The molecule has 1 aliphatic heterocycles. The molecule has 0 radical (unpaired) electrons. The molecule has 12 heavy (non-hydrogen) atoms. The van der Waals surface area contributed by atoms with Gasteiger partial charge in [-0.2, -0.15) is 5.26 Å². The summed E-state index contributed by atoms with van der Waals surface area (Å²) in [7, 11) is 0. The predicted octanol–water partition coefficient (Wildman–Crippen LogP) is 2.16. The largest absolute Gasteiger partial charge is 0.286 e. The highest BCUT2D eigenvalue weighted by atomic mass is 15.2. The predicted molar refractivity (Wildman–Crippen MR) is 49.7 cm³/mol. The van der Waals surface area contributed by atoms with Gasteiger partial charge in [0.25, 0.3) is 0 Å². The minimum Gasteiger partial charge on any atom is -0.286 e. The van der Waals surface area contributed by atoms with Gasteiger partial charge < -0.3 is 0 Å². The summed E-state index contributed by atoms with van der Waals surface area (Å²) in [6.07, 6.45) is 5.17. The van der Waals surface area contributed by atoms with Crippen LogP contribution in [-0.2, 0) is 0 Å². The standard InChI is InChI=1S/C10H18N2/c1-10(2,9-11)12-7-5-3-4-6-8-12/h3-8H2,1-2H3.